The number of carbonyl (C=O) groups is 3. The van der Waals surface area contributed by atoms with Gasteiger partial charge in [0.05, 0.1) is 12.0 Å². The number of hydrogen-bond acceptors (Lipinski definition) is 5. The first kappa shape index (κ1) is 17.9. The zero-order valence-electron chi connectivity index (χ0n) is 12.5. The molecule has 0 aromatic carbocycles. The van der Waals surface area contributed by atoms with Crippen molar-refractivity contribution in [3.63, 3.8) is 0 Å². The van der Waals surface area contributed by atoms with Crippen molar-refractivity contribution < 1.29 is 33.4 Å². The molecule has 23 heavy (non-hydrogen) atoms. The number of carboxylic acids is 1. The monoisotopic (exact) mass is 349 g/mol. The quantitative estimate of drug-likeness (QED) is 0.489. The normalized spacial score (nSPS) is 28.5. The van der Waals surface area contributed by atoms with Gasteiger partial charge in [-0.15, -0.1) is 12.6 Å². The molecule has 0 aromatic rings. The molecule has 1 saturated heterocycles. The van der Waals surface area contributed by atoms with Gasteiger partial charge in [0, 0.05) is 17.2 Å². The fourth-order valence-electron chi connectivity index (χ4n) is 3.28. The van der Waals surface area contributed by atoms with Gasteiger partial charge in [-0.3, -0.25) is 9.59 Å². The standard InChI is InChI=1S/C14H17F2NO5S/c1-5(3-7(19)14(15,16)4-18)8-9-6(2)11(23)10(13(21)22)17(9)12(8)20/h5-6,8-9,18,23H,3-4H2,1-2H3,(H,21,22)/t5-,6+,8+,9+/m0/s1. The Labute approximate surface area is 136 Å². The van der Waals surface area contributed by atoms with Crippen LogP contribution in [0.4, 0.5) is 8.78 Å². The third-order valence-corrected chi connectivity index (χ3v) is 5.16. The number of fused-ring (bicyclic) bond motifs is 1. The molecule has 0 saturated carbocycles. The summed E-state index contributed by atoms with van der Waals surface area (Å²) in [5.41, 5.74) is -0.189. The van der Waals surface area contributed by atoms with E-state index < -0.39 is 54.5 Å². The van der Waals surface area contributed by atoms with E-state index in [0.29, 0.717) is 0 Å². The predicted molar refractivity (Wildman–Crippen MR) is 77.8 cm³/mol. The van der Waals surface area contributed by atoms with Crippen LogP contribution < -0.4 is 0 Å². The molecule has 2 aliphatic heterocycles. The number of hydrogen-bond donors (Lipinski definition) is 3. The highest BCUT2D eigenvalue weighted by Gasteiger charge is 2.59. The van der Waals surface area contributed by atoms with Gasteiger partial charge in [-0.2, -0.15) is 8.78 Å². The maximum atomic E-state index is 13.2. The second kappa shape index (κ2) is 5.86. The molecular formula is C14H17F2NO5S. The fourth-order valence-corrected chi connectivity index (χ4v) is 3.63. The first-order chi connectivity index (χ1) is 10.5. The summed E-state index contributed by atoms with van der Waals surface area (Å²) in [5, 5.41) is 17.7. The van der Waals surface area contributed by atoms with E-state index in [4.69, 9.17) is 10.2 Å². The highest BCUT2D eigenvalue weighted by Crippen LogP contribution is 2.50. The summed E-state index contributed by atoms with van der Waals surface area (Å²) >= 11 is 4.15. The SMILES string of the molecule is C[C@@H](CC(=O)C(F)(F)CO)[C@H]1C(=O)N2C(C(=O)O)=C(S)[C@H](C)[C@H]12. The van der Waals surface area contributed by atoms with Crippen molar-refractivity contribution in [2.75, 3.05) is 6.61 Å². The molecule has 128 valence electrons. The molecule has 2 aliphatic rings. The van der Waals surface area contributed by atoms with E-state index in [9.17, 15) is 23.2 Å². The Morgan fingerprint density at radius 1 is 1.43 bits per heavy atom. The van der Waals surface area contributed by atoms with Crippen molar-refractivity contribution in [2.45, 2.75) is 32.2 Å². The summed E-state index contributed by atoms with van der Waals surface area (Å²) in [6.45, 7) is 1.62. The van der Waals surface area contributed by atoms with Gasteiger partial charge in [-0.25, -0.2) is 4.79 Å². The van der Waals surface area contributed by atoms with Crippen LogP contribution >= 0.6 is 12.6 Å². The van der Waals surface area contributed by atoms with Crippen LogP contribution in [0.1, 0.15) is 20.3 Å². The highest BCUT2D eigenvalue weighted by molar-refractivity contribution is 7.84. The Kier molecular flexibility index (Phi) is 4.55. The predicted octanol–water partition coefficient (Wildman–Crippen LogP) is 0.912. The zero-order chi connectivity index (χ0) is 17.7. The number of carboxylic acid groups (broad SMARTS) is 1. The van der Waals surface area contributed by atoms with Gasteiger partial charge in [-0.05, 0) is 5.92 Å². The molecule has 0 spiro atoms. The van der Waals surface area contributed by atoms with E-state index in [1.54, 1.807) is 6.92 Å². The largest absolute Gasteiger partial charge is 0.477 e. The number of halogens is 2. The minimum absolute atomic E-state index is 0.189. The van der Waals surface area contributed by atoms with Crippen LogP contribution in [-0.4, -0.2) is 51.3 Å². The van der Waals surface area contributed by atoms with Crippen molar-refractivity contribution in [3.05, 3.63) is 10.6 Å². The number of thiol groups is 1. The number of Topliss-reactive ketones (excluding diaryl/α,β-unsaturated/α-hetero) is 1. The molecule has 4 atom stereocenters. The van der Waals surface area contributed by atoms with E-state index in [1.165, 1.54) is 6.92 Å². The number of carbonyl (C=O) groups excluding carboxylic acids is 2. The van der Waals surface area contributed by atoms with Crippen LogP contribution in [0.3, 0.4) is 0 Å². The van der Waals surface area contributed by atoms with Crippen LogP contribution in [0.25, 0.3) is 0 Å². The van der Waals surface area contributed by atoms with Crippen LogP contribution in [-0.2, 0) is 14.4 Å². The Balaban J connectivity index is 2.15. The lowest BCUT2D eigenvalue weighted by Crippen LogP contribution is -2.62. The molecule has 2 N–H and O–H groups in total. The van der Waals surface area contributed by atoms with Crippen molar-refractivity contribution in [3.8, 4) is 0 Å². The second-order valence-corrected chi connectivity index (χ2v) is 6.50. The minimum atomic E-state index is -3.83. The van der Waals surface area contributed by atoms with E-state index in [-0.39, 0.29) is 16.5 Å². The molecule has 2 rings (SSSR count). The number of nitrogens with zero attached hydrogens (tertiary/aromatic N) is 1. The van der Waals surface area contributed by atoms with E-state index >= 15 is 0 Å². The number of rotatable bonds is 6. The number of aliphatic hydroxyl groups is 1. The van der Waals surface area contributed by atoms with E-state index in [0.717, 1.165) is 4.90 Å². The number of aliphatic carboxylic acids is 1. The lowest BCUT2D eigenvalue weighted by molar-refractivity contribution is -0.162. The number of β-lactam (4-membered cyclic amide) rings is 1. The number of ketones is 1. The molecule has 0 aliphatic carbocycles. The topological polar surface area (TPSA) is 94.9 Å². The fraction of sp³-hybridized carbons (Fsp3) is 0.643. The average molecular weight is 349 g/mol. The Morgan fingerprint density at radius 2 is 2.00 bits per heavy atom. The Hall–Kier alpha value is -1.48. The van der Waals surface area contributed by atoms with Crippen LogP contribution in [0.2, 0.25) is 0 Å². The molecule has 1 amide bonds. The van der Waals surface area contributed by atoms with Gasteiger partial charge in [0.25, 0.3) is 0 Å². The summed E-state index contributed by atoms with van der Waals surface area (Å²) < 4.78 is 26.3. The molecular weight excluding hydrogens is 332 g/mol. The molecule has 9 heteroatoms. The zero-order valence-corrected chi connectivity index (χ0v) is 13.4. The minimum Gasteiger partial charge on any atom is -0.477 e. The van der Waals surface area contributed by atoms with Gasteiger partial charge in [0.2, 0.25) is 11.7 Å². The number of alkyl halides is 2. The van der Waals surface area contributed by atoms with Crippen molar-refractivity contribution in [1.82, 2.24) is 4.90 Å². The summed E-state index contributed by atoms with van der Waals surface area (Å²) in [6.07, 6.45) is -0.564. The van der Waals surface area contributed by atoms with Crippen molar-refractivity contribution >= 4 is 30.3 Å². The summed E-state index contributed by atoms with van der Waals surface area (Å²) in [6, 6.07) is -0.494. The highest BCUT2D eigenvalue weighted by atomic mass is 32.1. The molecule has 0 radical (unpaired) electrons. The van der Waals surface area contributed by atoms with Crippen molar-refractivity contribution in [1.29, 1.82) is 0 Å². The first-order valence-corrected chi connectivity index (χ1v) is 7.50. The smallest absolute Gasteiger partial charge is 0.353 e. The van der Waals surface area contributed by atoms with Crippen LogP contribution in [0.5, 0.6) is 0 Å². The molecule has 0 aromatic heterocycles. The Morgan fingerprint density at radius 3 is 2.48 bits per heavy atom. The van der Waals surface area contributed by atoms with Gasteiger partial charge in [0.1, 0.15) is 12.3 Å². The molecule has 2 heterocycles. The molecule has 0 bridgehead atoms. The Bertz CT molecular complexity index is 606. The molecule has 1 fully saturated rings. The van der Waals surface area contributed by atoms with E-state index in [1.807, 2.05) is 0 Å². The van der Waals surface area contributed by atoms with Crippen LogP contribution in [0.15, 0.2) is 10.6 Å². The summed E-state index contributed by atoms with van der Waals surface area (Å²) in [5.74, 6) is -8.79. The van der Waals surface area contributed by atoms with Gasteiger partial charge >= 0.3 is 11.9 Å². The summed E-state index contributed by atoms with van der Waals surface area (Å²) in [7, 11) is 0. The van der Waals surface area contributed by atoms with Crippen molar-refractivity contribution in [2.24, 2.45) is 17.8 Å². The van der Waals surface area contributed by atoms with E-state index in [2.05, 4.69) is 12.6 Å². The maximum Gasteiger partial charge on any atom is 0.353 e. The second-order valence-electron chi connectivity index (χ2n) is 6.02. The average Bonchev–Trinajstić information content (AvgIpc) is 2.68. The van der Waals surface area contributed by atoms with Gasteiger partial charge < -0.3 is 15.1 Å². The lowest BCUT2D eigenvalue weighted by atomic mass is 9.73. The number of amides is 1. The lowest BCUT2D eigenvalue weighted by Gasteiger charge is -2.47. The first-order valence-electron chi connectivity index (χ1n) is 7.06. The third kappa shape index (κ3) is 2.65. The maximum absolute atomic E-state index is 13.2. The summed E-state index contributed by atoms with van der Waals surface area (Å²) in [4.78, 5) is 36.4. The third-order valence-electron chi connectivity index (χ3n) is 4.55. The van der Waals surface area contributed by atoms with Gasteiger partial charge in [-0.1, -0.05) is 13.8 Å². The molecule has 0 unspecified atom stereocenters. The number of aliphatic hydroxyl groups excluding tert-OH is 1. The van der Waals surface area contributed by atoms with Crippen LogP contribution in [0, 0.1) is 17.8 Å². The molecule has 6 nitrogen and oxygen atoms in total. The van der Waals surface area contributed by atoms with Gasteiger partial charge in [0.15, 0.2) is 0 Å².